The van der Waals surface area contributed by atoms with Crippen LogP contribution in [0.3, 0.4) is 0 Å². The van der Waals surface area contributed by atoms with Crippen LogP contribution in [0.15, 0.2) is 0 Å². The minimum Gasteiger partial charge on any atom is -0.0149 e. The van der Waals surface area contributed by atoms with Gasteiger partial charge in [-0.25, -0.2) is 0 Å². The number of rotatable bonds is 0. The topological polar surface area (TPSA) is 0 Å². The van der Waals surface area contributed by atoms with E-state index < -0.39 is 0 Å². The molecule has 0 spiro atoms. The molecule has 0 atom stereocenters. The monoisotopic (exact) mass is 177 g/mol. The third-order valence-corrected chi connectivity index (χ3v) is 0. The van der Waals surface area contributed by atoms with Crippen molar-refractivity contribution in [3.8, 4) is 0 Å². The first-order valence-corrected chi connectivity index (χ1v) is 0. The van der Waals surface area contributed by atoms with E-state index in [0.29, 0.717) is 0 Å². The molecule has 0 unspecified atom stereocenters. The van der Waals surface area contributed by atoms with E-state index in [4.69, 9.17) is 0 Å². The van der Waals surface area contributed by atoms with Crippen LogP contribution in [0.25, 0.3) is 0 Å². The van der Waals surface area contributed by atoms with Crippen LogP contribution in [0.4, 0.5) is 0 Å². The maximum Gasteiger partial charge on any atom is 0.316 e. The summed E-state index contributed by atoms with van der Waals surface area (Å²) in [7, 11) is 0. The Morgan fingerprint density at radius 1 is 1.00 bits per heavy atom. The second kappa shape index (κ2) is 19.3. The molecule has 0 aliphatic carbocycles. The van der Waals surface area contributed by atoms with E-state index >= 15 is 0 Å². The molecule has 0 N–H and O–H groups in total. The van der Waals surface area contributed by atoms with Gasteiger partial charge in [-0.05, 0) is 11.0 Å². The largest absolute Gasteiger partial charge is 0.316 e. The molecule has 0 saturated carbocycles. The van der Waals surface area contributed by atoms with Crippen molar-refractivity contribution in [1.82, 2.24) is 0 Å². The Balaban J connectivity index is 0. The van der Waals surface area contributed by atoms with E-state index in [2.05, 4.69) is 0 Å². The van der Waals surface area contributed by atoms with Crippen molar-refractivity contribution in [2.24, 2.45) is 0 Å². The summed E-state index contributed by atoms with van der Waals surface area (Å²) in [6.07, 6.45) is 0. The summed E-state index contributed by atoms with van der Waals surface area (Å²) >= 11 is 0. The van der Waals surface area contributed by atoms with Crippen LogP contribution in [0, 0.1) is 0 Å². The smallest absolute Gasteiger partial charge is 0.0149 e. The molecule has 0 bridgehead atoms. The average Bonchev–Trinajstić information content (AvgIpc) is 0. The molecule has 1 radical (unpaired) electrons. The maximum absolute atomic E-state index is 0. The third kappa shape index (κ3) is 8.92. The fourth-order valence-corrected chi connectivity index (χ4v) is 0. The summed E-state index contributed by atoms with van der Waals surface area (Å²) < 4.78 is 0. The summed E-state index contributed by atoms with van der Waals surface area (Å²) in [6, 6.07) is 0. The van der Waals surface area contributed by atoms with Crippen molar-refractivity contribution < 1.29 is 36.5 Å². The summed E-state index contributed by atoms with van der Waals surface area (Å²) in [5.41, 5.74) is 0. The van der Waals surface area contributed by atoms with E-state index in [9.17, 15) is 0 Å². The molecule has 0 rings (SSSR count). The van der Waals surface area contributed by atoms with Gasteiger partial charge < -0.3 is 0 Å². The van der Waals surface area contributed by atoms with Gasteiger partial charge in [-0.15, -0.1) is 0 Å². The predicted molar refractivity (Wildman–Crippen MR) is 19.9 cm³/mol. The van der Waals surface area contributed by atoms with Crippen LogP contribution in [0.5, 0.6) is 0 Å². The molecule has 21 valence electrons. The van der Waals surface area contributed by atoms with Gasteiger partial charge in [0.2, 0.25) is 0 Å². The second-order valence-corrected chi connectivity index (χ2v) is 0. The van der Waals surface area contributed by atoms with Crippen molar-refractivity contribution >= 4 is 34.0 Å². The SMILES string of the molecule is [MgH2].[Mn].[SiH4].[Zn]. The zero-order valence-corrected chi connectivity index (χ0v) is 5.23. The zero-order valence-electron chi connectivity index (χ0n) is 1.09. The van der Waals surface area contributed by atoms with Gasteiger partial charge in [-0.1, -0.05) is 0 Å². The van der Waals surface area contributed by atoms with E-state index in [1.54, 1.807) is 0 Å². The van der Waals surface area contributed by atoms with E-state index in [1.165, 1.54) is 0 Å². The quantitative estimate of drug-likeness (QED) is 0.364. The molecule has 0 aromatic carbocycles. The summed E-state index contributed by atoms with van der Waals surface area (Å²) in [5, 5.41) is 0. The normalized spacial score (nSPS) is 0. The maximum atomic E-state index is 0. The predicted octanol–water partition coefficient (Wildman–Crippen LogP) is -2.37. The summed E-state index contributed by atoms with van der Waals surface area (Å²) in [4.78, 5) is 0. The molecule has 0 fully saturated rings. The first-order valence-electron chi connectivity index (χ1n) is 0. The fraction of sp³-hybridized carbons (Fsp3) is 0. The fourth-order valence-electron chi connectivity index (χ4n) is 0. The standard InChI is InChI=1S/Mg.Mn.H4Si.Zn.2H/h;;1H4;;;. The van der Waals surface area contributed by atoms with Gasteiger partial charge in [0.15, 0.2) is 0 Å². The van der Waals surface area contributed by atoms with Crippen LogP contribution in [0.2, 0.25) is 0 Å². The van der Waals surface area contributed by atoms with Gasteiger partial charge in [0.25, 0.3) is 0 Å². The molecular formula is H6MgMnSiZn. The first-order chi connectivity index (χ1) is 0. The van der Waals surface area contributed by atoms with Crippen LogP contribution in [0.1, 0.15) is 0 Å². The van der Waals surface area contributed by atoms with Crippen LogP contribution in [-0.4, -0.2) is 34.0 Å². The Morgan fingerprint density at radius 3 is 1.00 bits per heavy atom. The Morgan fingerprint density at radius 2 is 1.00 bits per heavy atom. The Labute approximate surface area is 69.9 Å². The minimum absolute atomic E-state index is 0. The van der Waals surface area contributed by atoms with Crippen molar-refractivity contribution in [2.45, 2.75) is 0 Å². The van der Waals surface area contributed by atoms with Crippen LogP contribution >= 0.6 is 0 Å². The van der Waals surface area contributed by atoms with Crippen molar-refractivity contribution in [3.63, 3.8) is 0 Å². The Bertz CT molecular complexity index is 8.00. The average molecular weight is 179 g/mol. The van der Waals surface area contributed by atoms with Crippen LogP contribution in [-0.2, 0) is 36.5 Å². The van der Waals surface area contributed by atoms with Gasteiger partial charge in [0.1, 0.15) is 0 Å². The van der Waals surface area contributed by atoms with E-state index in [1.807, 2.05) is 0 Å². The molecule has 0 aromatic rings. The molecule has 0 saturated heterocycles. The number of hydrogen-bond donors (Lipinski definition) is 0. The Hall–Kier alpha value is 2.13. The van der Waals surface area contributed by atoms with Gasteiger partial charge >= 0.3 is 23.1 Å². The second-order valence-electron chi connectivity index (χ2n) is 0. The molecule has 0 amide bonds. The van der Waals surface area contributed by atoms with Gasteiger partial charge in [-0.3, -0.25) is 0 Å². The summed E-state index contributed by atoms with van der Waals surface area (Å²) in [5.74, 6) is 0. The molecule has 0 aromatic heterocycles. The molecule has 4 heavy (non-hydrogen) atoms. The zero-order chi connectivity index (χ0) is 0. The van der Waals surface area contributed by atoms with E-state index in [0.717, 1.165) is 0 Å². The van der Waals surface area contributed by atoms with Crippen molar-refractivity contribution in [1.29, 1.82) is 0 Å². The molecular weight excluding hydrogens is 173 g/mol. The first kappa shape index (κ1) is 35.6. The third-order valence-electron chi connectivity index (χ3n) is 0. The van der Waals surface area contributed by atoms with Crippen molar-refractivity contribution in [3.05, 3.63) is 0 Å². The summed E-state index contributed by atoms with van der Waals surface area (Å²) in [6.45, 7) is 0. The van der Waals surface area contributed by atoms with Gasteiger partial charge in [0, 0.05) is 36.5 Å². The van der Waals surface area contributed by atoms with Crippen LogP contribution < -0.4 is 0 Å². The molecule has 4 heteroatoms. The Kier molecular flexibility index (Phi) is 172. The van der Waals surface area contributed by atoms with E-state index in [-0.39, 0.29) is 70.6 Å². The minimum atomic E-state index is 0. The molecule has 0 heterocycles. The van der Waals surface area contributed by atoms with Gasteiger partial charge in [0.05, 0.1) is 0 Å². The molecule has 0 nitrogen and oxygen atoms in total. The molecule has 0 aliphatic rings. The van der Waals surface area contributed by atoms with Crippen molar-refractivity contribution in [2.75, 3.05) is 0 Å². The number of hydrogen-bond acceptors (Lipinski definition) is 0. The van der Waals surface area contributed by atoms with Gasteiger partial charge in [-0.2, -0.15) is 0 Å². The molecule has 0 aliphatic heterocycles.